The molecule has 0 aliphatic heterocycles. The number of nitro groups is 1. The highest BCUT2D eigenvalue weighted by Crippen LogP contribution is 2.25. The minimum absolute atomic E-state index is 0.0345. The second-order valence-electron chi connectivity index (χ2n) is 4.40. The maximum atomic E-state index is 10.9. The number of pyridine rings is 1. The zero-order valence-electron chi connectivity index (χ0n) is 11.2. The number of carboxylic acid groups (broad SMARTS) is 1. The van der Waals surface area contributed by atoms with E-state index in [0.29, 0.717) is 16.9 Å². The van der Waals surface area contributed by atoms with Gasteiger partial charge in [-0.15, -0.1) is 0 Å². The van der Waals surface area contributed by atoms with E-state index in [4.69, 9.17) is 5.11 Å². The Labute approximate surface area is 120 Å². The van der Waals surface area contributed by atoms with Crippen LogP contribution in [-0.4, -0.2) is 21.0 Å². The van der Waals surface area contributed by atoms with Gasteiger partial charge < -0.3 is 10.4 Å². The largest absolute Gasteiger partial charge is 0.478 e. The lowest BCUT2D eigenvalue weighted by Gasteiger charge is -2.09. The van der Waals surface area contributed by atoms with Crippen molar-refractivity contribution < 1.29 is 14.8 Å². The van der Waals surface area contributed by atoms with Crippen molar-refractivity contribution in [2.45, 2.75) is 13.5 Å². The minimum Gasteiger partial charge on any atom is -0.478 e. The summed E-state index contributed by atoms with van der Waals surface area (Å²) >= 11 is 0. The molecule has 2 aromatic rings. The first-order valence-electron chi connectivity index (χ1n) is 6.15. The fraction of sp³-hybridized carbons (Fsp3) is 0.143. The number of aromatic nitrogens is 1. The second kappa shape index (κ2) is 6.00. The third-order valence-corrected chi connectivity index (χ3v) is 3.03. The lowest BCUT2D eigenvalue weighted by atomic mass is 10.1. The van der Waals surface area contributed by atoms with Crippen molar-refractivity contribution in [3.05, 3.63) is 63.5 Å². The molecule has 2 rings (SSSR count). The van der Waals surface area contributed by atoms with Gasteiger partial charge in [0.15, 0.2) is 0 Å². The van der Waals surface area contributed by atoms with E-state index < -0.39 is 10.9 Å². The van der Waals surface area contributed by atoms with E-state index in [1.54, 1.807) is 19.1 Å². The Hall–Kier alpha value is -2.96. The summed E-state index contributed by atoms with van der Waals surface area (Å²) < 4.78 is 0. The van der Waals surface area contributed by atoms with Crippen molar-refractivity contribution in [1.82, 2.24) is 4.98 Å². The van der Waals surface area contributed by atoms with Gasteiger partial charge in [-0.2, -0.15) is 0 Å². The normalized spacial score (nSPS) is 10.1. The molecule has 7 nitrogen and oxygen atoms in total. The Kier molecular flexibility index (Phi) is 4.13. The molecule has 0 unspecified atom stereocenters. The van der Waals surface area contributed by atoms with Crippen LogP contribution in [0.25, 0.3) is 0 Å². The maximum Gasteiger partial charge on any atom is 0.335 e. The number of anilines is 1. The van der Waals surface area contributed by atoms with Gasteiger partial charge in [-0.3, -0.25) is 15.1 Å². The van der Waals surface area contributed by atoms with Gasteiger partial charge >= 0.3 is 5.97 Å². The standard InChI is InChI=1S/C14H13N3O4/c1-9-12(3-2-4-13(9)17(20)21)16-8-11-7-10(14(18)19)5-6-15-11/h2-7,16H,8H2,1H3,(H,18,19). The molecular formula is C14H13N3O4. The smallest absolute Gasteiger partial charge is 0.335 e. The van der Waals surface area contributed by atoms with Crippen LogP contribution < -0.4 is 5.32 Å². The third kappa shape index (κ3) is 3.33. The number of carboxylic acids is 1. The quantitative estimate of drug-likeness (QED) is 0.646. The van der Waals surface area contributed by atoms with Crippen molar-refractivity contribution in [3.8, 4) is 0 Å². The van der Waals surface area contributed by atoms with Crippen LogP contribution in [0.5, 0.6) is 0 Å². The second-order valence-corrected chi connectivity index (χ2v) is 4.40. The molecule has 0 fully saturated rings. The fourth-order valence-corrected chi connectivity index (χ4v) is 1.91. The van der Waals surface area contributed by atoms with Gasteiger partial charge in [-0.25, -0.2) is 4.79 Å². The average molecular weight is 287 g/mol. The molecule has 1 aromatic carbocycles. The monoisotopic (exact) mass is 287 g/mol. The van der Waals surface area contributed by atoms with E-state index in [-0.39, 0.29) is 17.8 Å². The van der Waals surface area contributed by atoms with Crippen molar-refractivity contribution in [2.24, 2.45) is 0 Å². The van der Waals surface area contributed by atoms with Crippen molar-refractivity contribution >= 4 is 17.3 Å². The fourth-order valence-electron chi connectivity index (χ4n) is 1.91. The van der Waals surface area contributed by atoms with Gasteiger partial charge in [-0.1, -0.05) is 6.07 Å². The number of nitro benzene ring substituents is 1. The summed E-state index contributed by atoms with van der Waals surface area (Å²) in [6, 6.07) is 7.62. The topological polar surface area (TPSA) is 105 Å². The molecule has 7 heteroatoms. The Balaban J connectivity index is 2.17. The lowest BCUT2D eigenvalue weighted by Crippen LogP contribution is -2.06. The first-order valence-corrected chi connectivity index (χ1v) is 6.15. The lowest BCUT2D eigenvalue weighted by molar-refractivity contribution is -0.385. The molecule has 2 N–H and O–H groups in total. The van der Waals surface area contributed by atoms with Crippen LogP contribution in [0.15, 0.2) is 36.5 Å². The predicted molar refractivity (Wildman–Crippen MR) is 76.4 cm³/mol. The van der Waals surface area contributed by atoms with E-state index in [1.165, 1.54) is 24.4 Å². The molecule has 0 atom stereocenters. The number of carbonyl (C=O) groups is 1. The number of hydrogen-bond donors (Lipinski definition) is 2. The highest BCUT2D eigenvalue weighted by atomic mass is 16.6. The zero-order valence-corrected chi connectivity index (χ0v) is 11.2. The summed E-state index contributed by atoms with van der Waals surface area (Å²) in [5, 5.41) is 22.8. The van der Waals surface area contributed by atoms with Crippen LogP contribution in [0.3, 0.4) is 0 Å². The van der Waals surface area contributed by atoms with E-state index in [9.17, 15) is 14.9 Å². The molecule has 108 valence electrons. The van der Waals surface area contributed by atoms with Gasteiger partial charge in [0.25, 0.3) is 5.69 Å². The molecule has 1 aromatic heterocycles. The van der Waals surface area contributed by atoms with E-state index >= 15 is 0 Å². The van der Waals surface area contributed by atoms with Crippen molar-refractivity contribution in [2.75, 3.05) is 5.32 Å². The number of benzene rings is 1. The third-order valence-electron chi connectivity index (χ3n) is 3.03. The molecule has 0 saturated heterocycles. The summed E-state index contributed by atoms with van der Waals surface area (Å²) in [6.07, 6.45) is 1.42. The van der Waals surface area contributed by atoms with E-state index in [0.717, 1.165) is 0 Å². The number of aromatic carboxylic acids is 1. The maximum absolute atomic E-state index is 10.9. The summed E-state index contributed by atoms with van der Waals surface area (Å²) in [4.78, 5) is 25.4. The molecule has 21 heavy (non-hydrogen) atoms. The summed E-state index contributed by atoms with van der Waals surface area (Å²) in [5.74, 6) is -1.02. The van der Waals surface area contributed by atoms with Crippen LogP contribution in [0.4, 0.5) is 11.4 Å². The Morgan fingerprint density at radius 2 is 2.19 bits per heavy atom. The molecule has 0 aliphatic rings. The van der Waals surface area contributed by atoms with Crippen LogP contribution in [0.1, 0.15) is 21.6 Å². The number of nitrogens with one attached hydrogen (secondary N) is 1. The summed E-state index contributed by atoms with van der Waals surface area (Å²) in [7, 11) is 0. The van der Waals surface area contributed by atoms with Gasteiger partial charge in [0.1, 0.15) is 0 Å². The van der Waals surface area contributed by atoms with Crippen molar-refractivity contribution in [1.29, 1.82) is 0 Å². The minimum atomic E-state index is -1.02. The predicted octanol–water partition coefficient (Wildman–Crippen LogP) is 2.61. The first kappa shape index (κ1) is 14.4. The highest BCUT2D eigenvalue weighted by molar-refractivity contribution is 5.87. The molecule has 0 amide bonds. The molecule has 0 saturated carbocycles. The molecule has 0 spiro atoms. The first-order chi connectivity index (χ1) is 9.99. The van der Waals surface area contributed by atoms with Gasteiger partial charge in [0.05, 0.1) is 22.7 Å². The van der Waals surface area contributed by atoms with E-state index in [2.05, 4.69) is 10.3 Å². The van der Waals surface area contributed by atoms with Crippen LogP contribution in [0, 0.1) is 17.0 Å². The average Bonchev–Trinajstić information content (AvgIpc) is 2.46. The molecule has 0 radical (unpaired) electrons. The molecule has 0 bridgehead atoms. The Morgan fingerprint density at radius 3 is 2.86 bits per heavy atom. The summed E-state index contributed by atoms with van der Waals surface area (Å²) in [5.41, 5.74) is 1.87. The zero-order chi connectivity index (χ0) is 15.4. The molecular weight excluding hydrogens is 274 g/mol. The number of hydrogen-bond acceptors (Lipinski definition) is 5. The van der Waals surface area contributed by atoms with Crippen LogP contribution in [0.2, 0.25) is 0 Å². The summed E-state index contributed by atoms with van der Waals surface area (Å²) in [6.45, 7) is 1.94. The molecule has 1 heterocycles. The van der Waals surface area contributed by atoms with Gasteiger partial charge in [0, 0.05) is 23.5 Å². The van der Waals surface area contributed by atoms with Crippen LogP contribution in [-0.2, 0) is 6.54 Å². The molecule has 0 aliphatic carbocycles. The van der Waals surface area contributed by atoms with Crippen LogP contribution >= 0.6 is 0 Å². The highest BCUT2D eigenvalue weighted by Gasteiger charge is 2.13. The Morgan fingerprint density at radius 1 is 1.43 bits per heavy atom. The van der Waals surface area contributed by atoms with Gasteiger partial charge in [-0.05, 0) is 25.1 Å². The van der Waals surface area contributed by atoms with Crippen molar-refractivity contribution in [3.63, 3.8) is 0 Å². The number of rotatable bonds is 5. The van der Waals surface area contributed by atoms with Gasteiger partial charge in [0.2, 0.25) is 0 Å². The SMILES string of the molecule is Cc1c(NCc2cc(C(=O)O)ccn2)cccc1[N+](=O)[O-]. The number of nitrogens with zero attached hydrogens (tertiary/aromatic N) is 2. The Bertz CT molecular complexity index is 700. The van der Waals surface area contributed by atoms with E-state index in [1.807, 2.05) is 0 Å².